The van der Waals surface area contributed by atoms with Gasteiger partial charge in [0.15, 0.2) is 5.65 Å². The Balaban J connectivity index is 1.85. The minimum Gasteiger partial charge on any atom is -0.313 e. The third kappa shape index (κ3) is 3.62. The van der Waals surface area contributed by atoms with Gasteiger partial charge in [-0.05, 0) is 43.9 Å². The van der Waals surface area contributed by atoms with Crippen LogP contribution in [-0.2, 0) is 19.4 Å². The third-order valence-electron chi connectivity index (χ3n) is 4.23. The average molecular weight is 318 g/mol. The van der Waals surface area contributed by atoms with Gasteiger partial charge in [-0.3, -0.25) is 0 Å². The lowest BCUT2D eigenvalue weighted by molar-refractivity contribution is 0.626. The molecule has 0 aliphatic rings. The molecule has 0 saturated heterocycles. The van der Waals surface area contributed by atoms with Crippen molar-refractivity contribution in [1.29, 1.82) is 5.26 Å². The number of imidazole rings is 1. The summed E-state index contributed by atoms with van der Waals surface area (Å²) in [6.07, 6.45) is 5.11. The van der Waals surface area contributed by atoms with Crippen molar-refractivity contribution in [3.05, 3.63) is 59.0 Å². The molecule has 122 valence electrons. The van der Waals surface area contributed by atoms with Gasteiger partial charge >= 0.3 is 0 Å². The van der Waals surface area contributed by atoms with Crippen LogP contribution in [0.3, 0.4) is 0 Å². The number of nitrogens with zero attached hydrogens (tertiary/aromatic N) is 4. The van der Waals surface area contributed by atoms with Crippen molar-refractivity contribution in [2.75, 3.05) is 0 Å². The monoisotopic (exact) mass is 318 g/mol. The summed E-state index contributed by atoms with van der Waals surface area (Å²) < 4.78 is 2.18. The topological polar surface area (TPSA) is 54.5 Å². The second kappa shape index (κ2) is 7.27. The highest BCUT2D eigenvalue weighted by atomic mass is 15.1. The summed E-state index contributed by atoms with van der Waals surface area (Å²) >= 11 is 0. The predicted octanol–water partition coefficient (Wildman–Crippen LogP) is 4.14. The molecule has 3 aromatic rings. The molecule has 2 aromatic heterocycles. The Labute approximate surface area is 142 Å². The Kier molecular flexibility index (Phi) is 4.90. The Bertz CT molecular complexity index is 869. The zero-order chi connectivity index (χ0) is 16.9. The summed E-state index contributed by atoms with van der Waals surface area (Å²) in [5.41, 5.74) is 5.60. The van der Waals surface area contributed by atoms with E-state index in [1.807, 2.05) is 13.1 Å². The number of hydrogen-bond acceptors (Lipinski definition) is 3. The molecule has 24 heavy (non-hydrogen) atoms. The van der Waals surface area contributed by atoms with Crippen molar-refractivity contribution in [3.8, 4) is 6.07 Å². The van der Waals surface area contributed by atoms with Crippen LogP contribution in [0.25, 0.3) is 11.2 Å². The first-order chi connectivity index (χ1) is 11.7. The standard InChI is InChI=1S/C20H22N4/c1-15-5-7-17(8-6-15)9-10-19-23-18-13-16(2)14-22-20(18)24(19)12-4-3-11-21/h5-8,13-14H,3-4,9-10,12H2,1-2H3. The Hall–Kier alpha value is -2.67. The Morgan fingerprint density at radius 1 is 1.08 bits per heavy atom. The van der Waals surface area contributed by atoms with Crippen LogP contribution < -0.4 is 0 Å². The first-order valence-corrected chi connectivity index (χ1v) is 8.41. The molecule has 0 unspecified atom stereocenters. The number of pyridine rings is 1. The highest BCUT2D eigenvalue weighted by Crippen LogP contribution is 2.18. The van der Waals surface area contributed by atoms with E-state index in [2.05, 4.69) is 52.9 Å². The SMILES string of the molecule is Cc1ccc(CCc2nc3cc(C)cnc3n2CCCC#N)cc1. The summed E-state index contributed by atoms with van der Waals surface area (Å²) in [5, 5.41) is 8.80. The summed E-state index contributed by atoms with van der Waals surface area (Å²) in [6, 6.07) is 13.0. The van der Waals surface area contributed by atoms with Crippen molar-refractivity contribution in [3.63, 3.8) is 0 Å². The molecular weight excluding hydrogens is 296 g/mol. The minimum absolute atomic E-state index is 0.558. The third-order valence-corrected chi connectivity index (χ3v) is 4.23. The molecule has 1 aromatic carbocycles. The average Bonchev–Trinajstić information content (AvgIpc) is 2.91. The van der Waals surface area contributed by atoms with E-state index in [9.17, 15) is 0 Å². The lowest BCUT2D eigenvalue weighted by atomic mass is 10.1. The molecule has 0 amide bonds. The molecule has 4 nitrogen and oxygen atoms in total. The van der Waals surface area contributed by atoms with E-state index in [-0.39, 0.29) is 0 Å². The van der Waals surface area contributed by atoms with E-state index in [4.69, 9.17) is 10.2 Å². The van der Waals surface area contributed by atoms with Crippen LogP contribution in [0.15, 0.2) is 36.5 Å². The van der Waals surface area contributed by atoms with E-state index < -0.39 is 0 Å². The zero-order valence-corrected chi connectivity index (χ0v) is 14.3. The molecule has 4 heteroatoms. The molecule has 0 N–H and O–H groups in total. The van der Waals surface area contributed by atoms with Crippen molar-refractivity contribution in [1.82, 2.24) is 14.5 Å². The first kappa shape index (κ1) is 16.2. The summed E-state index contributed by atoms with van der Waals surface area (Å²) in [4.78, 5) is 9.37. The van der Waals surface area contributed by atoms with E-state index >= 15 is 0 Å². The summed E-state index contributed by atoms with van der Waals surface area (Å²) in [5.74, 6) is 1.06. The van der Waals surface area contributed by atoms with Gasteiger partial charge in [0, 0.05) is 25.6 Å². The van der Waals surface area contributed by atoms with Crippen LogP contribution >= 0.6 is 0 Å². The largest absolute Gasteiger partial charge is 0.313 e. The van der Waals surface area contributed by atoms with Gasteiger partial charge in [0.05, 0.1) is 6.07 Å². The minimum atomic E-state index is 0.558. The van der Waals surface area contributed by atoms with Gasteiger partial charge in [-0.1, -0.05) is 29.8 Å². The van der Waals surface area contributed by atoms with Gasteiger partial charge in [0.1, 0.15) is 11.3 Å². The van der Waals surface area contributed by atoms with E-state index in [0.717, 1.165) is 48.4 Å². The number of aromatic nitrogens is 3. The fourth-order valence-corrected chi connectivity index (χ4v) is 2.91. The van der Waals surface area contributed by atoms with Gasteiger partial charge in [-0.15, -0.1) is 0 Å². The molecule has 0 radical (unpaired) electrons. The zero-order valence-electron chi connectivity index (χ0n) is 14.3. The second-order valence-corrected chi connectivity index (χ2v) is 6.28. The van der Waals surface area contributed by atoms with Crippen LogP contribution in [0.1, 0.15) is 35.4 Å². The molecule has 0 aliphatic carbocycles. The molecule has 0 aliphatic heterocycles. The highest BCUT2D eigenvalue weighted by molar-refractivity contribution is 5.72. The molecule has 0 saturated carbocycles. The van der Waals surface area contributed by atoms with Gasteiger partial charge < -0.3 is 4.57 Å². The maximum Gasteiger partial charge on any atom is 0.160 e. The smallest absolute Gasteiger partial charge is 0.160 e. The maximum atomic E-state index is 8.80. The van der Waals surface area contributed by atoms with E-state index in [1.165, 1.54) is 11.1 Å². The fraction of sp³-hybridized carbons (Fsp3) is 0.350. The lowest BCUT2D eigenvalue weighted by Crippen LogP contribution is -2.06. The number of aryl methyl sites for hydroxylation is 5. The number of nitriles is 1. The number of fused-ring (bicyclic) bond motifs is 1. The van der Waals surface area contributed by atoms with Crippen LogP contribution in [0, 0.1) is 25.2 Å². The predicted molar refractivity (Wildman–Crippen MR) is 95.7 cm³/mol. The lowest BCUT2D eigenvalue weighted by Gasteiger charge is -2.08. The maximum absolute atomic E-state index is 8.80. The summed E-state index contributed by atoms with van der Waals surface area (Å²) in [7, 11) is 0. The number of hydrogen-bond donors (Lipinski definition) is 0. The quantitative estimate of drug-likeness (QED) is 0.642. The number of rotatable bonds is 6. The van der Waals surface area contributed by atoms with Crippen molar-refractivity contribution >= 4 is 11.2 Å². The summed E-state index contributed by atoms with van der Waals surface area (Å²) in [6.45, 7) is 4.93. The van der Waals surface area contributed by atoms with Crippen molar-refractivity contribution < 1.29 is 0 Å². The Morgan fingerprint density at radius 2 is 1.88 bits per heavy atom. The fourth-order valence-electron chi connectivity index (χ4n) is 2.91. The second-order valence-electron chi connectivity index (χ2n) is 6.28. The van der Waals surface area contributed by atoms with Gasteiger partial charge in [0.25, 0.3) is 0 Å². The molecule has 0 bridgehead atoms. The van der Waals surface area contributed by atoms with Gasteiger partial charge in [-0.2, -0.15) is 5.26 Å². The molecule has 2 heterocycles. The van der Waals surface area contributed by atoms with Crippen LogP contribution in [0.4, 0.5) is 0 Å². The van der Waals surface area contributed by atoms with Crippen molar-refractivity contribution in [2.45, 2.75) is 46.1 Å². The molecular formula is C20H22N4. The van der Waals surface area contributed by atoms with E-state index in [0.29, 0.717) is 6.42 Å². The Morgan fingerprint density at radius 3 is 2.62 bits per heavy atom. The molecule has 3 rings (SSSR count). The normalized spacial score (nSPS) is 10.9. The molecule has 0 fully saturated rings. The molecule has 0 atom stereocenters. The van der Waals surface area contributed by atoms with Crippen LogP contribution in [0.2, 0.25) is 0 Å². The van der Waals surface area contributed by atoms with E-state index in [1.54, 1.807) is 0 Å². The van der Waals surface area contributed by atoms with Crippen LogP contribution in [0.5, 0.6) is 0 Å². The van der Waals surface area contributed by atoms with Gasteiger partial charge in [0.2, 0.25) is 0 Å². The van der Waals surface area contributed by atoms with Crippen molar-refractivity contribution in [2.24, 2.45) is 0 Å². The number of benzene rings is 1. The van der Waals surface area contributed by atoms with Crippen LogP contribution in [-0.4, -0.2) is 14.5 Å². The highest BCUT2D eigenvalue weighted by Gasteiger charge is 2.12. The molecule has 0 spiro atoms. The van der Waals surface area contributed by atoms with Gasteiger partial charge in [-0.25, -0.2) is 9.97 Å². The first-order valence-electron chi connectivity index (χ1n) is 8.41. The number of unbranched alkanes of at least 4 members (excludes halogenated alkanes) is 1.